The van der Waals surface area contributed by atoms with Crippen LogP contribution in [0.4, 0.5) is 4.79 Å². The highest BCUT2D eigenvalue weighted by Crippen LogP contribution is 2.42. The number of ether oxygens (including phenoxy) is 1. The van der Waals surface area contributed by atoms with Crippen molar-refractivity contribution in [2.75, 3.05) is 0 Å². The number of hydrogen-bond donors (Lipinski definition) is 3. The van der Waals surface area contributed by atoms with Crippen molar-refractivity contribution >= 4 is 23.8 Å². The summed E-state index contributed by atoms with van der Waals surface area (Å²) < 4.78 is 5.40. The SMILES string of the molecule is CCCC(C)NC(=O)C(c1c(C)cccc1C)N(C(=O)C(CCC(N)=O)NC(=O)OC(C)(C)C)C1CC1C. The zero-order chi connectivity index (χ0) is 28.8. The smallest absolute Gasteiger partial charge is 0.408 e. The van der Waals surface area contributed by atoms with Crippen molar-refractivity contribution in [1.29, 1.82) is 0 Å². The first-order chi connectivity index (χ1) is 17.7. The van der Waals surface area contributed by atoms with E-state index in [2.05, 4.69) is 17.6 Å². The average molecular weight is 531 g/mol. The molecule has 0 aromatic heterocycles. The van der Waals surface area contributed by atoms with Crippen molar-refractivity contribution < 1.29 is 23.9 Å². The molecule has 9 heteroatoms. The quantitative estimate of drug-likeness (QED) is 0.375. The van der Waals surface area contributed by atoms with Gasteiger partial charge in [0.1, 0.15) is 17.7 Å². The maximum atomic E-state index is 14.3. The molecule has 1 aromatic carbocycles. The molecule has 38 heavy (non-hydrogen) atoms. The van der Waals surface area contributed by atoms with Crippen molar-refractivity contribution in [1.82, 2.24) is 15.5 Å². The van der Waals surface area contributed by atoms with Crippen LogP contribution in [0.2, 0.25) is 0 Å². The molecule has 5 unspecified atom stereocenters. The Bertz CT molecular complexity index is 998. The van der Waals surface area contributed by atoms with Crippen LogP contribution in [-0.2, 0) is 19.1 Å². The van der Waals surface area contributed by atoms with Gasteiger partial charge in [-0.05, 0) is 83.4 Å². The summed E-state index contributed by atoms with van der Waals surface area (Å²) in [6.45, 7) is 15.1. The zero-order valence-electron chi connectivity index (χ0n) is 24.2. The highest BCUT2D eigenvalue weighted by molar-refractivity contribution is 5.93. The van der Waals surface area contributed by atoms with E-state index in [0.29, 0.717) is 0 Å². The lowest BCUT2D eigenvalue weighted by Crippen LogP contribution is -2.55. The van der Waals surface area contributed by atoms with Crippen LogP contribution < -0.4 is 16.4 Å². The van der Waals surface area contributed by atoms with Gasteiger partial charge in [0, 0.05) is 18.5 Å². The number of nitrogens with two attached hydrogens (primary N) is 1. The summed E-state index contributed by atoms with van der Waals surface area (Å²) in [4.78, 5) is 54.1. The molecular formula is C29H46N4O5. The number of aryl methyl sites for hydroxylation is 2. The van der Waals surface area contributed by atoms with Crippen molar-refractivity contribution in [3.63, 3.8) is 0 Å². The van der Waals surface area contributed by atoms with E-state index in [-0.39, 0.29) is 36.8 Å². The highest BCUT2D eigenvalue weighted by Gasteiger charge is 2.48. The predicted octanol–water partition coefficient (Wildman–Crippen LogP) is 4.05. The Hall–Kier alpha value is -3.10. The molecule has 0 bridgehead atoms. The van der Waals surface area contributed by atoms with Gasteiger partial charge in [0.05, 0.1) is 0 Å². The molecule has 4 amide bonds. The Balaban J connectivity index is 2.56. The molecule has 4 N–H and O–H groups in total. The van der Waals surface area contributed by atoms with Gasteiger partial charge in [-0.2, -0.15) is 0 Å². The van der Waals surface area contributed by atoms with Gasteiger partial charge in [-0.15, -0.1) is 0 Å². The second-order valence-electron chi connectivity index (χ2n) is 11.6. The number of nitrogens with zero attached hydrogens (tertiary/aromatic N) is 1. The fourth-order valence-electron chi connectivity index (χ4n) is 4.83. The van der Waals surface area contributed by atoms with E-state index in [1.807, 2.05) is 45.9 Å². The summed E-state index contributed by atoms with van der Waals surface area (Å²) in [5.41, 5.74) is 7.18. The van der Waals surface area contributed by atoms with E-state index < -0.39 is 35.6 Å². The molecular weight excluding hydrogens is 484 g/mol. The van der Waals surface area contributed by atoms with E-state index in [1.165, 1.54) is 0 Å². The molecule has 1 fully saturated rings. The van der Waals surface area contributed by atoms with Gasteiger partial charge in [0.15, 0.2) is 0 Å². The van der Waals surface area contributed by atoms with Crippen LogP contribution in [0, 0.1) is 19.8 Å². The molecule has 1 aliphatic carbocycles. The van der Waals surface area contributed by atoms with Crippen LogP contribution in [0.5, 0.6) is 0 Å². The second kappa shape index (κ2) is 13.1. The fourth-order valence-corrected chi connectivity index (χ4v) is 4.83. The number of nitrogens with one attached hydrogen (secondary N) is 2. The summed E-state index contributed by atoms with van der Waals surface area (Å²) >= 11 is 0. The van der Waals surface area contributed by atoms with E-state index in [9.17, 15) is 19.2 Å². The van der Waals surface area contributed by atoms with Gasteiger partial charge >= 0.3 is 6.09 Å². The molecule has 1 saturated carbocycles. The molecule has 5 atom stereocenters. The molecule has 0 radical (unpaired) electrons. The van der Waals surface area contributed by atoms with Crippen molar-refractivity contribution in [3.05, 3.63) is 34.9 Å². The van der Waals surface area contributed by atoms with Crippen LogP contribution in [0.3, 0.4) is 0 Å². The van der Waals surface area contributed by atoms with Crippen LogP contribution in [0.1, 0.15) is 96.4 Å². The van der Waals surface area contributed by atoms with Gasteiger partial charge < -0.3 is 26.0 Å². The number of benzene rings is 1. The lowest BCUT2D eigenvalue weighted by molar-refractivity contribution is -0.144. The number of carbonyl (C=O) groups is 4. The lowest BCUT2D eigenvalue weighted by Gasteiger charge is -2.36. The van der Waals surface area contributed by atoms with Crippen LogP contribution in [0.15, 0.2) is 18.2 Å². The first kappa shape index (κ1) is 31.1. The van der Waals surface area contributed by atoms with Crippen molar-refractivity contribution in [2.45, 2.75) is 117 Å². The number of amides is 4. The van der Waals surface area contributed by atoms with Gasteiger partial charge in [0.25, 0.3) is 0 Å². The lowest BCUT2D eigenvalue weighted by atomic mass is 9.93. The normalized spacial score (nSPS) is 19.1. The van der Waals surface area contributed by atoms with Crippen molar-refractivity contribution in [2.24, 2.45) is 11.7 Å². The highest BCUT2D eigenvalue weighted by atomic mass is 16.6. The summed E-state index contributed by atoms with van der Waals surface area (Å²) in [5.74, 6) is -1.10. The molecule has 0 spiro atoms. The number of hydrogen-bond acceptors (Lipinski definition) is 5. The molecule has 1 aliphatic rings. The topological polar surface area (TPSA) is 131 Å². The molecule has 2 rings (SSSR count). The number of rotatable bonds is 12. The number of primary amides is 1. The van der Waals surface area contributed by atoms with Gasteiger partial charge in [-0.3, -0.25) is 14.4 Å². The summed E-state index contributed by atoms with van der Waals surface area (Å²) in [6.07, 6.45) is 1.58. The summed E-state index contributed by atoms with van der Waals surface area (Å²) in [5, 5.41) is 5.76. The third-order valence-electron chi connectivity index (χ3n) is 6.80. The first-order valence-electron chi connectivity index (χ1n) is 13.6. The minimum Gasteiger partial charge on any atom is -0.444 e. The molecule has 1 aromatic rings. The Kier molecular flexibility index (Phi) is 10.7. The third kappa shape index (κ3) is 8.74. The van der Waals surface area contributed by atoms with Gasteiger partial charge in [-0.25, -0.2) is 4.79 Å². The van der Waals surface area contributed by atoms with E-state index in [4.69, 9.17) is 10.5 Å². The summed E-state index contributed by atoms with van der Waals surface area (Å²) in [6, 6.07) is 3.55. The number of alkyl carbamates (subject to hydrolysis) is 1. The van der Waals surface area contributed by atoms with Crippen LogP contribution >= 0.6 is 0 Å². The van der Waals surface area contributed by atoms with E-state index in [1.54, 1.807) is 25.7 Å². The molecule has 0 saturated heterocycles. The Morgan fingerprint density at radius 2 is 1.68 bits per heavy atom. The molecule has 0 aliphatic heterocycles. The monoisotopic (exact) mass is 530 g/mol. The maximum absolute atomic E-state index is 14.3. The predicted molar refractivity (Wildman–Crippen MR) is 147 cm³/mol. The Morgan fingerprint density at radius 1 is 1.11 bits per heavy atom. The molecule has 0 heterocycles. The van der Waals surface area contributed by atoms with E-state index in [0.717, 1.165) is 36.0 Å². The maximum Gasteiger partial charge on any atom is 0.408 e. The van der Waals surface area contributed by atoms with Crippen molar-refractivity contribution in [3.8, 4) is 0 Å². The van der Waals surface area contributed by atoms with Crippen LogP contribution in [0.25, 0.3) is 0 Å². The van der Waals surface area contributed by atoms with Gasteiger partial charge in [-0.1, -0.05) is 38.5 Å². The van der Waals surface area contributed by atoms with Gasteiger partial charge in [0.2, 0.25) is 17.7 Å². The van der Waals surface area contributed by atoms with E-state index >= 15 is 0 Å². The second-order valence-corrected chi connectivity index (χ2v) is 11.6. The minimum absolute atomic E-state index is 0.00165. The third-order valence-corrected chi connectivity index (χ3v) is 6.80. The van der Waals surface area contributed by atoms with Crippen LogP contribution in [-0.4, -0.2) is 52.4 Å². The number of carbonyl (C=O) groups excluding carboxylic acids is 4. The fraction of sp³-hybridized carbons (Fsp3) is 0.655. The molecule has 9 nitrogen and oxygen atoms in total. The Morgan fingerprint density at radius 3 is 2.16 bits per heavy atom. The average Bonchev–Trinajstić information content (AvgIpc) is 3.49. The first-order valence-corrected chi connectivity index (χ1v) is 13.6. The Labute approximate surface area is 227 Å². The minimum atomic E-state index is -1.09. The summed E-state index contributed by atoms with van der Waals surface area (Å²) in [7, 11) is 0. The molecule has 212 valence electrons. The standard InChI is InChI=1S/C29H46N4O5/c1-9-11-20(5)31-26(35)25(24-17(2)12-10-13-18(24)3)33(22-16-19(22)4)27(36)21(14-15-23(30)34)32-28(37)38-29(6,7)8/h10,12-13,19-22,25H,9,11,14-16H2,1-8H3,(H2,30,34)(H,31,35)(H,32,37). The zero-order valence-corrected chi connectivity index (χ0v) is 24.2. The largest absolute Gasteiger partial charge is 0.444 e.